The van der Waals surface area contributed by atoms with E-state index >= 15 is 0 Å². The molecule has 0 radical (unpaired) electrons. The zero-order chi connectivity index (χ0) is 10.6. The number of carbonyl (C=O) groups excluding carboxylic acids is 1. The molecule has 2 nitrogen and oxygen atoms in total. The fourth-order valence-electron chi connectivity index (χ4n) is 1.21. The number of ketones is 1. The Balaban J connectivity index is 2.84. The predicted octanol–water partition coefficient (Wildman–Crippen LogP) is 2.59. The van der Waals surface area contributed by atoms with Crippen LogP contribution >= 0.6 is 0 Å². The summed E-state index contributed by atoms with van der Waals surface area (Å²) in [4.78, 5) is 11.5. The van der Waals surface area contributed by atoms with Gasteiger partial charge < -0.3 is 0 Å². The van der Waals surface area contributed by atoms with E-state index in [1.165, 1.54) is 0 Å². The lowest BCUT2D eigenvalue weighted by atomic mass is 10.00. The highest BCUT2D eigenvalue weighted by molar-refractivity contribution is 5.97. The van der Waals surface area contributed by atoms with Gasteiger partial charge in [-0.1, -0.05) is 38.1 Å². The molecule has 0 bridgehead atoms. The van der Waals surface area contributed by atoms with Gasteiger partial charge in [0.05, 0.1) is 12.5 Å². The molecular weight excluding hydrogens is 174 g/mol. The van der Waals surface area contributed by atoms with Gasteiger partial charge in [0.25, 0.3) is 0 Å². The van der Waals surface area contributed by atoms with Gasteiger partial charge in [-0.2, -0.15) is 5.26 Å². The fraction of sp³-hybridized carbons (Fsp3) is 0.333. The maximum absolute atomic E-state index is 11.5. The molecule has 0 heterocycles. The van der Waals surface area contributed by atoms with Gasteiger partial charge in [0, 0.05) is 11.5 Å². The smallest absolute Gasteiger partial charge is 0.165 e. The van der Waals surface area contributed by atoms with Crippen molar-refractivity contribution in [3.05, 3.63) is 35.4 Å². The van der Waals surface area contributed by atoms with Crippen molar-refractivity contribution in [1.82, 2.24) is 0 Å². The topological polar surface area (TPSA) is 40.9 Å². The maximum Gasteiger partial charge on any atom is 0.165 e. The van der Waals surface area contributed by atoms with Crippen molar-refractivity contribution >= 4 is 5.78 Å². The van der Waals surface area contributed by atoms with E-state index in [2.05, 4.69) is 6.07 Å². The van der Waals surface area contributed by atoms with Gasteiger partial charge in [-0.05, 0) is 5.56 Å². The van der Waals surface area contributed by atoms with Crippen molar-refractivity contribution in [3.63, 3.8) is 0 Å². The molecule has 0 N–H and O–H groups in total. The number of rotatable bonds is 3. The molecule has 1 aromatic rings. The average Bonchev–Trinajstić information content (AvgIpc) is 2.18. The highest BCUT2D eigenvalue weighted by atomic mass is 16.1. The zero-order valence-corrected chi connectivity index (χ0v) is 8.45. The predicted molar refractivity (Wildman–Crippen MR) is 54.9 cm³/mol. The third kappa shape index (κ3) is 2.43. The summed E-state index contributed by atoms with van der Waals surface area (Å²) >= 11 is 0. The first-order valence-electron chi connectivity index (χ1n) is 4.65. The number of nitrogens with zero attached hydrogens (tertiary/aromatic N) is 1. The molecule has 2 heteroatoms. The molecule has 1 rings (SSSR count). The first-order chi connectivity index (χ1) is 6.65. The van der Waals surface area contributed by atoms with Crippen LogP contribution in [0.1, 0.15) is 29.8 Å². The van der Waals surface area contributed by atoms with E-state index in [1.54, 1.807) is 12.1 Å². The Hall–Kier alpha value is -1.62. The van der Waals surface area contributed by atoms with Crippen molar-refractivity contribution in [1.29, 1.82) is 5.26 Å². The molecule has 0 saturated carbocycles. The Bertz CT molecular complexity index is 357. The van der Waals surface area contributed by atoms with Crippen LogP contribution in [0.5, 0.6) is 0 Å². The van der Waals surface area contributed by atoms with Crippen LogP contribution < -0.4 is 0 Å². The van der Waals surface area contributed by atoms with Crippen molar-refractivity contribution in [2.24, 2.45) is 5.92 Å². The summed E-state index contributed by atoms with van der Waals surface area (Å²) in [6, 6.07) is 9.31. The number of carbonyl (C=O) groups is 1. The second-order valence-electron chi connectivity index (χ2n) is 3.55. The second-order valence-corrected chi connectivity index (χ2v) is 3.55. The van der Waals surface area contributed by atoms with Gasteiger partial charge in [0.2, 0.25) is 0 Å². The first kappa shape index (κ1) is 10.5. The Morgan fingerprint density at radius 2 is 1.93 bits per heavy atom. The van der Waals surface area contributed by atoms with E-state index in [4.69, 9.17) is 5.26 Å². The molecule has 0 aliphatic rings. The summed E-state index contributed by atoms with van der Waals surface area (Å²) in [5.41, 5.74) is 1.68. The number of hydrogen-bond acceptors (Lipinski definition) is 2. The molecular formula is C12H13NO. The van der Waals surface area contributed by atoms with Gasteiger partial charge >= 0.3 is 0 Å². The van der Waals surface area contributed by atoms with E-state index in [1.807, 2.05) is 26.0 Å². The third-order valence-electron chi connectivity index (χ3n) is 2.05. The lowest BCUT2D eigenvalue weighted by molar-refractivity contribution is 0.0939. The minimum atomic E-state index is 0.0248. The van der Waals surface area contributed by atoms with Crippen LogP contribution in [0.2, 0.25) is 0 Å². The molecule has 1 aromatic carbocycles. The molecule has 72 valence electrons. The van der Waals surface area contributed by atoms with Crippen molar-refractivity contribution < 1.29 is 4.79 Å². The molecule has 0 unspecified atom stereocenters. The molecule has 0 aliphatic heterocycles. The largest absolute Gasteiger partial charge is 0.294 e. The SMILES string of the molecule is CC(C)C(=O)c1ccc(CC#N)cc1. The lowest BCUT2D eigenvalue weighted by Crippen LogP contribution is -2.07. The number of benzene rings is 1. The molecule has 0 fully saturated rings. The number of nitriles is 1. The maximum atomic E-state index is 11.5. The highest BCUT2D eigenvalue weighted by Gasteiger charge is 2.09. The summed E-state index contributed by atoms with van der Waals surface area (Å²) < 4.78 is 0. The fourth-order valence-corrected chi connectivity index (χ4v) is 1.21. The number of Topliss-reactive ketones (excluding diaryl/α,β-unsaturated/α-hetero) is 1. The van der Waals surface area contributed by atoms with E-state index in [9.17, 15) is 4.79 Å². The van der Waals surface area contributed by atoms with Crippen LogP contribution in [0.4, 0.5) is 0 Å². The number of hydrogen-bond donors (Lipinski definition) is 0. The van der Waals surface area contributed by atoms with Crippen LogP contribution in [-0.4, -0.2) is 5.78 Å². The Morgan fingerprint density at radius 3 is 2.36 bits per heavy atom. The first-order valence-corrected chi connectivity index (χ1v) is 4.65. The van der Waals surface area contributed by atoms with E-state index in [0.717, 1.165) is 11.1 Å². The van der Waals surface area contributed by atoms with Gasteiger partial charge in [0.15, 0.2) is 5.78 Å². The van der Waals surface area contributed by atoms with Crippen LogP contribution in [-0.2, 0) is 6.42 Å². The van der Waals surface area contributed by atoms with Crippen LogP contribution in [0, 0.1) is 17.2 Å². The summed E-state index contributed by atoms with van der Waals surface area (Å²) in [6.45, 7) is 3.76. The molecule has 0 saturated heterocycles. The Labute approximate surface area is 84.2 Å². The minimum Gasteiger partial charge on any atom is -0.294 e. The molecule has 0 atom stereocenters. The van der Waals surface area contributed by atoms with Crippen LogP contribution in [0.15, 0.2) is 24.3 Å². The molecule has 0 aliphatic carbocycles. The standard InChI is InChI=1S/C12H13NO/c1-9(2)12(14)11-5-3-10(4-6-11)7-8-13/h3-6,9H,7H2,1-2H3. The summed E-state index contributed by atoms with van der Waals surface area (Å²) in [6.07, 6.45) is 0.399. The quantitative estimate of drug-likeness (QED) is 0.682. The van der Waals surface area contributed by atoms with E-state index in [0.29, 0.717) is 6.42 Å². The minimum absolute atomic E-state index is 0.0248. The third-order valence-corrected chi connectivity index (χ3v) is 2.05. The average molecular weight is 187 g/mol. The summed E-state index contributed by atoms with van der Waals surface area (Å²) in [7, 11) is 0. The molecule has 0 aromatic heterocycles. The van der Waals surface area contributed by atoms with Crippen LogP contribution in [0.25, 0.3) is 0 Å². The summed E-state index contributed by atoms with van der Waals surface area (Å²) in [5.74, 6) is 0.172. The summed E-state index contributed by atoms with van der Waals surface area (Å²) in [5, 5.41) is 8.47. The molecule has 14 heavy (non-hydrogen) atoms. The lowest BCUT2D eigenvalue weighted by Gasteiger charge is -2.04. The Morgan fingerprint density at radius 1 is 1.36 bits per heavy atom. The van der Waals surface area contributed by atoms with E-state index < -0.39 is 0 Å². The Kier molecular flexibility index (Phi) is 3.41. The molecule has 0 amide bonds. The van der Waals surface area contributed by atoms with Gasteiger partial charge in [-0.25, -0.2) is 0 Å². The van der Waals surface area contributed by atoms with E-state index in [-0.39, 0.29) is 11.7 Å². The normalized spacial score (nSPS) is 9.86. The van der Waals surface area contributed by atoms with Crippen molar-refractivity contribution in [3.8, 4) is 6.07 Å². The van der Waals surface area contributed by atoms with Crippen molar-refractivity contribution in [2.75, 3.05) is 0 Å². The van der Waals surface area contributed by atoms with Gasteiger partial charge in [-0.3, -0.25) is 4.79 Å². The second kappa shape index (κ2) is 4.57. The molecule has 0 spiro atoms. The van der Waals surface area contributed by atoms with Crippen molar-refractivity contribution in [2.45, 2.75) is 20.3 Å². The highest BCUT2D eigenvalue weighted by Crippen LogP contribution is 2.10. The monoisotopic (exact) mass is 187 g/mol. The van der Waals surface area contributed by atoms with Crippen LogP contribution in [0.3, 0.4) is 0 Å². The van der Waals surface area contributed by atoms with Gasteiger partial charge in [0.1, 0.15) is 0 Å². The van der Waals surface area contributed by atoms with Gasteiger partial charge in [-0.15, -0.1) is 0 Å². The zero-order valence-electron chi connectivity index (χ0n) is 8.45.